The highest BCUT2D eigenvalue weighted by Gasteiger charge is 2.23. The Kier molecular flexibility index (Phi) is 6.11. The van der Waals surface area contributed by atoms with Crippen molar-refractivity contribution < 1.29 is 19.4 Å². The lowest BCUT2D eigenvalue weighted by Gasteiger charge is -2.32. The second-order valence-corrected chi connectivity index (χ2v) is 4.82. The fraction of sp³-hybridized carbons (Fsp3) is 0.500. The zero-order valence-corrected chi connectivity index (χ0v) is 13.3. The number of benzene rings is 1. The Morgan fingerprint density at radius 3 is 2.00 bits per heavy atom. The molecule has 0 aromatic heterocycles. The van der Waals surface area contributed by atoms with E-state index in [-0.39, 0.29) is 35.6 Å². The Hall–Kier alpha value is -1.66. The van der Waals surface area contributed by atoms with E-state index in [0.717, 1.165) is 13.1 Å². The first-order valence-corrected chi connectivity index (χ1v) is 6.49. The van der Waals surface area contributed by atoms with Crippen molar-refractivity contribution in [3.05, 3.63) is 17.7 Å². The smallest absolute Gasteiger partial charge is 0.254 e. The van der Waals surface area contributed by atoms with Crippen LogP contribution in [0.15, 0.2) is 12.1 Å². The number of hydrogen-bond donors (Lipinski definition) is 1. The van der Waals surface area contributed by atoms with E-state index < -0.39 is 0 Å². The van der Waals surface area contributed by atoms with Gasteiger partial charge >= 0.3 is 0 Å². The maximum absolute atomic E-state index is 12.5. The summed E-state index contributed by atoms with van der Waals surface area (Å²) in [5, 5.41) is 9.86. The van der Waals surface area contributed by atoms with Gasteiger partial charge in [-0.3, -0.25) is 4.79 Å². The van der Waals surface area contributed by atoms with Crippen molar-refractivity contribution in [2.45, 2.75) is 0 Å². The van der Waals surface area contributed by atoms with E-state index in [2.05, 4.69) is 4.90 Å². The van der Waals surface area contributed by atoms with Gasteiger partial charge < -0.3 is 24.4 Å². The zero-order chi connectivity index (χ0) is 14.7. The first-order chi connectivity index (χ1) is 9.56. The number of aromatic hydroxyl groups is 1. The summed E-state index contributed by atoms with van der Waals surface area (Å²) >= 11 is 0. The lowest BCUT2D eigenvalue weighted by atomic mass is 10.1. The van der Waals surface area contributed by atoms with Crippen LogP contribution in [0.25, 0.3) is 0 Å². The van der Waals surface area contributed by atoms with Crippen molar-refractivity contribution >= 4 is 18.3 Å². The van der Waals surface area contributed by atoms with E-state index in [1.54, 1.807) is 17.0 Å². The molecule has 1 aliphatic rings. The Balaban J connectivity index is 0.00000220. The summed E-state index contributed by atoms with van der Waals surface area (Å²) < 4.78 is 10.1. The standard InChI is InChI=1S/C14H20N2O4.ClH/c1-15-4-6-16(7-5-15)14(18)10-8-11(19-2)13(17)12(9-10)20-3;/h8-9,17H,4-7H2,1-3H3;1H. The van der Waals surface area contributed by atoms with Gasteiger partial charge in [-0.15, -0.1) is 12.4 Å². The topological polar surface area (TPSA) is 62.2 Å². The molecule has 0 aliphatic carbocycles. The summed E-state index contributed by atoms with van der Waals surface area (Å²) in [5.41, 5.74) is 0.459. The fourth-order valence-electron chi connectivity index (χ4n) is 2.21. The van der Waals surface area contributed by atoms with Gasteiger partial charge in [-0.1, -0.05) is 0 Å². The second-order valence-electron chi connectivity index (χ2n) is 4.82. The Morgan fingerprint density at radius 2 is 1.57 bits per heavy atom. The third-order valence-electron chi connectivity index (χ3n) is 3.52. The van der Waals surface area contributed by atoms with Gasteiger partial charge in [0.1, 0.15) is 0 Å². The first-order valence-electron chi connectivity index (χ1n) is 6.49. The Bertz CT molecular complexity index is 477. The average molecular weight is 317 g/mol. The number of amides is 1. The van der Waals surface area contributed by atoms with Crippen LogP contribution in [0.1, 0.15) is 10.4 Å². The molecule has 1 N–H and O–H groups in total. The zero-order valence-electron chi connectivity index (χ0n) is 12.5. The van der Waals surface area contributed by atoms with Crippen LogP contribution in [0.5, 0.6) is 17.2 Å². The minimum atomic E-state index is -0.0927. The van der Waals surface area contributed by atoms with Crippen LogP contribution in [0.4, 0.5) is 0 Å². The van der Waals surface area contributed by atoms with Crippen molar-refractivity contribution in [1.82, 2.24) is 9.80 Å². The van der Waals surface area contributed by atoms with E-state index >= 15 is 0 Å². The minimum Gasteiger partial charge on any atom is -0.502 e. The first kappa shape index (κ1) is 17.4. The molecule has 0 saturated carbocycles. The quantitative estimate of drug-likeness (QED) is 0.908. The van der Waals surface area contributed by atoms with Crippen molar-refractivity contribution in [2.24, 2.45) is 0 Å². The van der Waals surface area contributed by atoms with E-state index in [0.29, 0.717) is 18.7 Å². The molecule has 7 heteroatoms. The van der Waals surface area contributed by atoms with Crippen LogP contribution in [-0.2, 0) is 0 Å². The molecule has 1 aromatic carbocycles. The van der Waals surface area contributed by atoms with Gasteiger partial charge in [0.25, 0.3) is 5.91 Å². The molecule has 0 unspecified atom stereocenters. The van der Waals surface area contributed by atoms with Gasteiger partial charge in [0.2, 0.25) is 5.75 Å². The summed E-state index contributed by atoms with van der Waals surface area (Å²) in [6.07, 6.45) is 0. The van der Waals surface area contributed by atoms with Gasteiger partial charge in [-0.05, 0) is 19.2 Å². The SMILES string of the molecule is COc1cc(C(=O)N2CCN(C)CC2)cc(OC)c1O.Cl. The number of methoxy groups -OCH3 is 2. The molecule has 0 radical (unpaired) electrons. The number of hydrogen-bond acceptors (Lipinski definition) is 5. The highest BCUT2D eigenvalue weighted by atomic mass is 35.5. The highest BCUT2D eigenvalue weighted by Crippen LogP contribution is 2.37. The van der Waals surface area contributed by atoms with Crippen LogP contribution in [0, 0.1) is 0 Å². The van der Waals surface area contributed by atoms with Crippen LogP contribution in [0.3, 0.4) is 0 Å². The maximum Gasteiger partial charge on any atom is 0.254 e. The van der Waals surface area contributed by atoms with Crippen LogP contribution in [-0.4, -0.2) is 68.3 Å². The number of carbonyl (C=O) groups is 1. The van der Waals surface area contributed by atoms with E-state index in [1.807, 2.05) is 7.05 Å². The predicted octanol–water partition coefficient (Wildman–Crippen LogP) is 1.22. The van der Waals surface area contributed by atoms with Gasteiger partial charge in [0, 0.05) is 31.7 Å². The molecular formula is C14H21ClN2O4. The Morgan fingerprint density at radius 1 is 1.10 bits per heavy atom. The summed E-state index contributed by atoms with van der Waals surface area (Å²) in [7, 11) is 4.92. The molecule has 118 valence electrons. The van der Waals surface area contributed by atoms with Crippen LogP contribution >= 0.6 is 12.4 Å². The number of likely N-dealkylation sites (N-methyl/N-ethyl adjacent to an activating group) is 1. The largest absolute Gasteiger partial charge is 0.502 e. The number of ether oxygens (including phenoxy) is 2. The molecule has 2 rings (SSSR count). The number of rotatable bonds is 3. The molecule has 6 nitrogen and oxygen atoms in total. The molecule has 1 aliphatic heterocycles. The lowest BCUT2D eigenvalue weighted by Crippen LogP contribution is -2.47. The predicted molar refractivity (Wildman–Crippen MR) is 81.9 cm³/mol. The maximum atomic E-state index is 12.5. The van der Waals surface area contributed by atoms with E-state index in [1.165, 1.54) is 14.2 Å². The minimum absolute atomic E-state index is 0. The van der Waals surface area contributed by atoms with Gasteiger partial charge in [-0.25, -0.2) is 0 Å². The van der Waals surface area contributed by atoms with Gasteiger partial charge in [0.15, 0.2) is 11.5 Å². The number of nitrogens with zero attached hydrogens (tertiary/aromatic N) is 2. The lowest BCUT2D eigenvalue weighted by molar-refractivity contribution is 0.0663. The average Bonchev–Trinajstić information content (AvgIpc) is 2.47. The van der Waals surface area contributed by atoms with Crippen LogP contribution in [0.2, 0.25) is 0 Å². The van der Waals surface area contributed by atoms with Crippen molar-refractivity contribution in [3.8, 4) is 17.2 Å². The summed E-state index contributed by atoms with van der Waals surface area (Å²) in [6.45, 7) is 3.11. The molecule has 1 aromatic rings. The van der Waals surface area contributed by atoms with E-state index in [9.17, 15) is 9.90 Å². The van der Waals surface area contributed by atoms with E-state index in [4.69, 9.17) is 9.47 Å². The van der Waals surface area contributed by atoms with Gasteiger partial charge in [-0.2, -0.15) is 0 Å². The van der Waals surface area contributed by atoms with Crippen molar-refractivity contribution in [1.29, 1.82) is 0 Å². The molecule has 21 heavy (non-hydrogen) atoms. The van der Waals surface area contributed by atoms with Crippen molar-refractivity contribution in [2.75, 3.05) is 47.4 Å². The molecule has 1 amide bonds. The monoisotopic (exact) mass is 316 g/mol. The molecule has 0 spiro atoms. The molecule has 0 bridgehead atoms. The number of halogens is 1. The highest BCUT2D eigenvalue weighted by molar-refractivity contribution is 5.95. The summed E-state index contributed by atoms with van der Waals surface area (Å²) in [6, 6.07) is 3.08. The van der Waals surface area contributed by atoms with Crippen LogP contribution < -0.4 is 9.47 Å². The molecular weight excluding hydrogens is 296 g/mol. The third-order valence-corrected chi connectivity index (χ3v) is 3.52. The fourth-order valence-corrected chi connectivity index (χ4v) is 2.21. The third kappa shape index (κ3) is 3.71. The number of phenols is 1. The summed E-state index contributed by atoms with van der Waals surface area (Å²) in [4.78, 5) is 16.4. The molecule has 1 heterocycles. The summed E-state index contributed by atoms with van der Waals surface area (Å²) in [5.74, 6) is 0.309. The number of carbonyl (C=O) groups excluding carboxylic acids is 1. The normalized spacial score (nSPS) is 15.3. The second kappa shape index (κ2) is 7.38. The van der Waals surface area contributed by atoms with Crippen molar-refractivity contribution in [3.63, 3.8) is 0 Å². The molecule has 1 fully saturated rings. The van der Waals surface area contributed by atoms with Gasteiger partial charge in [0.05, 0.1) is 14.2 Å². The Labute approximate surface area is 130 Å². The number of piperazine rings is 1. The molecule has 1 saturated heterocycles. The molecule has 0 atom stereocenters. The number of phenolic OH excluding ortho intramolecular Hbond substituents is 1.